The zero-order valence-corrected chi connectivity index (χ0v) is 24.6. The molecule has 0 radical (unpaired) electrons. The van der Waals surface area contributed by atoms with Gasteiger partial charge in [-0.15, -0.1) is 0 Å². The highest BCUT2D eigenvalue weighted by molar-refractivity contribution is 7.90. The van der Waals surface area contributed by atoms with Crippen molar-refractivity contribution in [1.29, 1.82) is 0 Å². The first kappa shape index (κ1) is 26.7. The smallest absolute Gasteiger partial charge is 0.308 e. The second-order valence-corrected chi connectivity index (χ2v) is 13.6. The molecule has 4 heterocycles. The van der Waals surface area contributed by atoms with Crippen LogP contribution >= 0.6 is 0 Å². The van der Waals surface area contributed by atoms with E-state index in [0.717, 1.165) is 48.3 Å². The van der Waals surface area contributed by atoms with E-state index < -0.39 is 21.9 Å². The summed E-state index contributed by atoms with van der Waals surface area (Å²) in [6, 6.07) is 14.3. The summed E-state index contributed by atoms with van der Waals surface area (Å²) < 4.78 is 31.1. The summed E-state index contributed by atoms with van der Waals surface area (Å²) in [7, 11) is -2.01. The van der Waals surface area contributed by atoms with E-state index in [0.29, 0.717) is 33.9 Å². The fourth-order valence-corrected chi connectivity index (χ4v) is 8.83. The summed E-state index contributed by atoms with van der Waals surface area (Å²) in [5.41, 5.74) is 4.91. The maximum Gasteiger partial charge on any atom is 0.308 e. The number of benzene rings is 1. The number of nitrogens with one attached hydrogen (secondary N) is 1. The van der Waals surface area contributed by atoms with Crippen molar-refractivity contribution in [3.63, 3.8) is 0 Å². The second kappa shape index (κ2) is 9.69. The topological polar surface area (TPSA) is 119 Å². The summed E-state index contributed by atoms with van der Waals surface area (Å²) in [5.74, 6) is 0.105. The van der Waals surface area contributed by atoms with E-state index >= 15 is 0 Å². The summed E-state index contributed by atoms with van der Waals surface area (Å²) in [6.07, 6.45) is 7.56. The minimum atomic E-state index is -3.93. The molecule has 5 aliphatic rings. The van der Waals surface area contributed by atoms with Crippen LogP contribution in [0.25, 0.3) is 33.7 Å². The van der Waals surface area contributed by atoms with Crippen LogP contribution < -0.4 is 5.32 Å². The van der Waals surface area contributed by atoms with Crippen LogP contribution in [0.4, 0.5) is 5.69 Å². The summed E-state index contributed by atoms with van der Waals surface area (Å²) in [5, 5.41) is 14.4. The molecular weight excluding hydrogens is 550 g/mol. The van der Waals surface area contributed by atoms with Crippen LogP contribution in [-0.4, -0.2) is 44.0 Å². The summed E-state index contributed by atoms with van der Waals surface area (Å²) in [6.45, 7) is 3.71. The standard InChI is InChI=1S/C32H33N5O4S/c1-18-6-12-22(13-7-18)42(40,41)37-19(2)27(23-5-4-15-33-30(23)37)26-17-24-25(14-16-36(3)31(24)35-26)34-29-21-10-8-20(9-11-21)28(29)32(38)39/h4-7,12-17,20-21,28-29,34H,8-11H2,1-3H3,(H,38,39). The monoisotopic (exact) mass is 583 g/mol. The zero-order valence-electron chi connectivity index (χ0n) is 23.8. The Kier molecular flexibility index (Phi) is 6.16. The van der Waals surface area contributed by atoms with Crippen molar-refractivity contribution in [2.24, 2.45) is 24.8 Å². The van der Waals surface area contributed by atoms with Gasteiger partial charge in [0.05, 0.1) is 16.5 Å². The molecule has 3 saturated carbocycles. The predicted molar refractivity (Wildman–Crippen MR) is 161 cm³/mol. The first-order valence-corrected chi connectivity index (χ1v) is 15.8. The van der Waals surface area contributed by atoms with E-state index in [2.05, 4.69) is 10.3 Å². The summed E-state index contributed by atoms with van der Waals surface area (Å²) in [4.78, 5) is 22.0. The molecule has 3 aromatic rings. The molecule has 42 heavy (non-hydrogen) atoms. The quantitative estimate of drug-likeness (QED) is 0.263. The van der Waals surface area contributed by atoms with Gasteiger partial charge in [0.25, 0.3) is 10.0 Å². The van der Waals surface area contributed by atoms with Gasteiger partial charge in [-0.3, -0.25) is 4.79 Å². The Labute approximate surface area is 244 Å². The fraction of sp³-hybridized carbons (Fsp3) is 0.344. The van der Waals surface area contributed by atoms with E-state index in [1.807, 2.05) is 42.9 Å². The number of aryl methyl sites for hydroxylation is 2. The summed E-state index contributed by atoms with van der Waals surface area (Å²) >= 11 is 0. The van der Waals surface area contributed by atoms with E-state index in [1.54, 1.807) is 43.5 Å². The van der Waals surface area contributed by atoms with Crippen LogP contribution in [0, 0.1) is 31.6 Å². The molecule has 9 nitrogen and oxygen atoms in total. The van der Waals surface area contributed by atoms with Gasteiger partial charge in [0.2, 0.25) is 0 Å². The van der Waals surface area contributed by atoms with Gasteiger partial charge in [-0.2, -0.15) is 0 Å². The van der Waals surface area contributed by atoms with Crippen molar-refractivity contribution < 1.29 is 18.3 Å². The molecule has 2 atom stereocenters. The lowest BCUT2D eigenvalue weighted by Crippen LogP contribution is -2.51. The van der Waals surface area contributed by atoms with Gasteiger partial charge in [0.15, 0.2) is 5.65 Å². The van der Waals surface area contributed by atoms with Crippen LogP contribution in [0.1, 0.15) is 36.9 Å². The number of pyridine rings is 2. The molecule has 0 amide bonds. The van der Waals surface area contributed by atoms with Gasteiger partial charge in [-0.05, 0) is 87.8 Å². The highest BCUT2D eigenvalue weighted by Crippen LogP contribution is 2.47. The third-order valence-electron chi connectivity index (χ3n) is 9.39. The molecule has 3 aliphatic carbocycles. The van der Waals surface area contributed by atoms with Crippen LogP contribution in [0.5, 0.6) is 0 Å². The lowest BCUT2D eigenvalue weighted by molar-refractivity contribution is -0.148. The third kappa shape index (κ3) is 4.03. The minimum absolute atomic E-state index is 0.142. The van der Waals surface area contributed by atoms with Gasteiger partial charge in [0.1, 0.15) is 5.82 Å². The molecule has 2 aromatic heterocycles. The molecular formula is C32H33N5O4S. The van der Waals surface area contributed by atoms with Crippen LogP contribution in [0.3, 0.4) is 0 Å². The second-order valence-electron chi connectivity index (χ2n) is 11.8. The van der Waals surface area contributed by atoms with E-state index in [1.165, 1.54) is 3.97 Å². The number of hydrogen-bond donors (Lipinski definition) is 2. The number of carboxylic acid groups (broad SMARTS) is 1. The first-order valence-electron chi connectivity index (χ1n) is 14.4. The number of nitrogens with zero attached hydrogens (tertiary/aromatic N) is 4. The highest BCUT2D eigenvalue weighted by Gasteiger charge is 2.47. The lowest BCUT2D eigenvalue weighted by Gasteiger charge is -2.47. The fourth-order valence-electron chi connectivity index (χ4n) is 7.31. The number of carbonyl (C=O) groups is 1. The Morgan fingerprint density at radius 1 is 1.02 bits per heavy atom. The predicted octanol–water partition coefficient (Wildman–Crippen LogP) is 5.70. The Bertz CT molecular complexity index is 1920. The van der Waals surface area contributed by atoms with Crippen LogP contribution in [0.2, 0.25) is 0 Å². The van der Waals surface area contributed by atoms with E-state index in [4.69, 9.17) is 4.98 Å². The van der Waals surface area contributed by atoms with Crippen molar-refractivity contribution in [2.45, 2.75) is 50.5 Å². The van der Waals surface area contributed by atoms with Gasteiger partial charge in [-0.1, -0.05) is 17.7 Å². The van der Waals surface area contributed by atoms with Crippen molar-refractivity contribution in [3.8, 4) is 22.6 Å². The number of rotatable bonds is 6. The highest BCUT2D eigenvalue weighted by atomic mass is 32.2. The molecule has 0 spiro atoms. The van der Waals surface area contributed by atoms with Gasteiger partial charge in [-0.25, -0.2) is 22.4 Å². The Morgan fingerprint density at radius 2 is 1.74 bits per heavy atom. The van der Waals surface area contributed by atoms with Crippen molar-refractivity contribution in [2.75, 3.05) is 5.32 Å². The number of hydrogen-bond acceptors (Lipinski definition) is 6. The Balaban J connectivity index is 1.37. The Hall–Kier alpha value is -4.18. The molecule has 2 bridgehead atoms. The third-order valence-corrected chi connectivity index (χ3v) is 11.2. The average Bonchev–Trinajstić information content (AvgIpc) is 3.54. The maximum atomic E-state index is 13.9. The first-order chi connectivity index (χ1) is 20.1. The molecule has 2 unspecified atom stereocenters. The zero-order chi connectivity index (χ0) is 29.3. The minimum Gasteiger partial charge on any atom is -0.481 e. The van der Waals surface area contributed by atoms with Gasteiger partial charge in [0, 0.05) is 53.4 Å². The maximum absolute atomic E-state index is 13.9. The number of aliphatic carboxylic acids is 1. The van der Waals surface area contributed by atoms with E-state index in [-0.39, 0.29) is 16.9 Å². The molecule has 8 rings (SSSR count). The van der Waals surface area contributed by atoms with Crippen molar-refractivity contribution >= 4 is 32.7 Å². The molecule has 2 aliphatic heterocycles. The van der Waals surface area contributed by atoms with Gasteiger partial charge < -0.3 is 15.0 Å². The van der Waals surface area contributed by atoms with Gasteiger partial charge >= 0.3 is 5.97 Å². The average molecular weight is 584 g/mol. The number of anilines is 1. The molecule has 3 fully saturated rings. The van der Waals surface area contributed by atoms with E-state index in [9.17, 15) is 18.3 Å². The van der Waals surface area contributed by atoms with Crippen LogP contribution in [-0.2, 0) is 21.9 Å². The number of carboxylic acids is 1. The molecule has 216 valence electrons. The van der Waals surface area contributed by atoms with Crippen LogP contribution in [0.15, 0.2) is 65.8 Å². The normalized spacial score (nSPS) is 22.2. The number of fused-ring (bicyclic) bond motifs is 5. The molecule has 1 aromatic carbocycles. The molecule has 2 N–H and O–H groups in total. The van der Waals surface area contributed by atoms with Crippen molar-refractivity contribution in [1.82, 2.24) is 18.5 Å². The number of aromatic nitrogens is 4. The lowest BCUT2D eigenvalue weighted by atomic mass is 9.61. The Morgan fingerprint density at radius 3 is 2.45 bits per heavy atom. The molecule has 0 saturated heterocycles. The van der Waals surface area contributed by atoms with Crippen molar-refractivity contribution in [3.05, 3.63) is 72.2 Å². The largest absolute Gasteiger partial charge is 0.481 e. The SMILES string of the molecule is Cc1ccc(S(=O)(=O)n2c(C)c(-c3cc4c(NC5C6CCC(CC6)C5C(=O)O)ccn(C)c-4n3)c3cccnc32)cc1. The molecule has 10 heteroatoms.